The molecule has 1 aliphatic rings. The zero-order chi connectivity index (χ0) is 31.1. The predicted molar refractivity (Wildman–Crippen MR) is 168 cm³/mol. The van der Waals surface area contributed by atoms with Gasteiger partial charge in [-0.15, -0.1) is 0 Å². The molecule has 1 amide bonds. The van der Waals surface area contributed by atoms with E-state index in [1.807, 2.05) is 18.2 Å². The Morgan fingerprint density at radius 2 is 1.73 bits per heavy atom. The number of hydrogen-bond donors (Lipinski definition) is 1. The standard InChI is InChI=1S/C34H27N3O6S/c1-41-28-14-12-27(13-15-28)36-34-37(20-22-7-10-24(11-8-22)33(39)40)32(38)31(44-34)18-23-9-16-29(30(17-23)42-2)43-21-26-6-4-3-5-25(26)19-35/h3-18H,20-21H2,1-2H3,(H,39,40)/b31-18-,36-34?. The van der Waals surface area contributed by atoms with Crippen molar-refractivity contribution in [2.75, 3.05) is 14.2 Å². The average molecular weight is 606 g/mol. The third-order valence-corrected chi connectivity index (χ3v) is 7.74. The molecule has 1 saturated heterocycles. The van der Waals surface area contributed by atoms with E-state index in [1.165, 1.54) is 31.0 Å². The Morgan fingerprint density at radius 1 is 0.977 bits per heavy atom. The number of aliphatic imine (C=N–C) groups is 1. The van der Waals surface area contributed by atoms with Crippen LogP contribution in [0.2, 0.25) is 0 Å². The van der Waals surface area contributed by atoms with Crippen LogP contribution < -0.4 is 14.2 Å². The van der Waals surface area contributed by atoms with Crippen LogP contribution >= 0.6 is 11.8 Å². The summed E-state index contributed by atoms with van der Waals surface area (Å²) in [5.74, 6) is 0.413. The summed E-state index contributed by atoms with van der Waals surface area (Å²) in [6.07, 6.45) is 1.77. The molecule has 10 heteroatoms. The maximum Gasteiger partial charge on any atom is 0.335 e. The van der Waals surface area contributed by atoms with Gasteiger partial charge in [0.15, 0.2) is 16.7 Å². The van der Waals surface area contributed by atoms with Gasteiger partial charge in [0.1, 0.15) is 12.4 Å². The van der Waals surface area contributed by atoms with Crippen molar-refractivity contribution in [3.05, 3.63) is 124 Å². The molecular formula is C34H27N3O6S. The molecule has 220 valence electrons. The van der Waals surface area contributed by atoms with Crippen molar-refractivity contribution in [2.45, 2.75) is 13.2 Å². The number of benzene rings is 4. The van der Waals surface area contributed by atoms with E-state index in [-0.39, 0.29) is 24.6 Å². The van der Waals surface area contributed by atoms with Gasteiger partial charge in [-0.3, -0.25) is 9.69 Å². The molecule has 4 aromatic rings. The summed E-state index contributed by atoms with van der Waals surface area (Å²) in [7, 11) is 3.12. The first-order valence-corrected chi connectivity index (χ1v) is 14.3. The number of rotatable bonds is 10. The number of amides is 1. The van der Waals surface area contributed by atoms with E-state index in [9.17, 15) is 20.0 Å². The molecular weight excluding hydrogens is 578 g/mol. The van der Waals surface area contributed by atoms with Gasteiger partial charge in [0, 0.05) is 5.56 Å². The maximum absolute atomic E-state index is 13.7. The summed E-state index contributed by atoms with van der Waals surface area (Å²) < 4.78 is 16.8. The molecule has 4 aromatic carbocycles. The van der Waals surface area contributed by atoms with Crippen molar-refractivity contribution in [2.24, 2.45) is 4.99 Å². The first-order valence-electron chi connectivity index (χ1n) is 13.4. The minimum atomic E-state index is -1.02. The van der Waals surface area contributed by atoms with Crippen molar-refractivity contribution < 1.29 is 28.9 Å². The quantitative estimate of drug-likeness (QED) is 0.199. The van der Waals surface area contributed by atoms with Crippen molar-refractivity contribution in [3.8, 4) is 23.3 Å². The summed E-state index contributed by atoms with van der Waals surface area (Å²) in [5.41, 5.74) is 3.60. The van der Waals surface area contributed by atoms with Crippen LogP contribution in [0.25, 0.3) is 6.08 Å². The highest BCUT2D eigenvalue weighted by atomic mass is 32.2. The number of carbonyl (C=O) groups excluding carboxylic acids is 1. The smallest absolute Gasteiger partial charge is 0.335 e. The third-order valence-electron chi connectivity index (χ3n) is 6.73. The first-order chi connectivity index (χ1) is 21.4. The monoisotopic (exact) mass is 605 g/mol. The molecule has 1 N–H and O–H groups in total. The molecule has 0 unspecified atom stereocenters. The van der Waals surface area contributed by atoms with Crippen LogP contribution in [0.1, 0.15) is 32.6 Å². The van der Waals surface area contributed by atoms with Crippen molar-refractivity contribution >= 4 is 40.6 Å². The number of methoxy groups -OCH3 is 2. The zero-order valence-electron chi connectivity index (χ0n) is 23.9. The largest absolute Gasteiger partial charge is 0.497 e. The Morgan fingerprint density at radius 3 is 2.41 bits per heavy atom. The van der Waals surface area contributed by atoms with E-state index >= 15 is 0 Å². The summed E-state index contributed by atoms with van der Waals surface area (Å²) in [5, 5.41) is 19.1. The molecule has 1 aliphatic heterocycles. The average Bonchev–Trinajstić information content (AvgIpc) is 3.33. The van der Waals surface area contributed by atoms with Crippen LogP contribution in [0.3, 0.4) is 0 Å². The highest BCUT2D eigenvalue weighted by Gasteiger charge is 2.33. The molecule has 5 rings (SSSR count). The molecule has 0 aliphatic carbocycles. The number of amidine groups is 1. The number of carboxylic acid groups (broad SMARTS) is 1. The van der Waals surface area contributed by atoms with Gasteiger partial charge in [0.25, 0.3) is 5.91 Å². The van der Waals surface area contributed by atoms with Crippen molar-refractivity contribution in [3.63, 3.8) is 0 Å². The number of aromatic carboxylic acids is 1. The van der Waals surface area contributed by atoms with Crippen LogP contribution in [0.5, 0.6) is 17.2 Å². The van der Waals surface area contributed by atoms with Gasteiger partial charge >= 0.3 is 5.97 Å². The summed E-state index contributed by atoms with van der Waals surface area (Å²) in [4.78, 5) is 31.7. The molecule has 0 bridgehead atoms. The maximum atomic E-state index is 13.7. The summed E-state index contributed by atoms with van der Waals surface area (Å²) in [6, 6.07) is 28.3. The Hall–Kier alpha value is -5.53. The lowest BCUT2D eigenvalue weighted by molar-refractivity contribution is -0.122. The van der Waals surface area contributed by atoms with Gasteiger partial charge in [0.05, 0.1) is 48.6 Å². The number of carboxylic acids is 1. The van der Waals surface area contributed by atoms with Gasteiger partial charge in [-0.25, -0.2) is 9.79 Å². The Labute approximate surface area is 258 Å². The van der Waals surface area contributed by atoms with E-state index in [1.54, 1.807) is 78.7 Å². The number of ether oxygens (including phenoxy) is 3. The van der Waals surface area contributed by atoms with Crippen LogP contribution in [0.4, 0.5) is 5.69 Å². The lowest BCUT2D eigenvalue weighted by Crippen LogP contribution is -2.28. The number of carbonyl (C=O) groups is 2. The molecule has 0 aromatic heterocycles. The predicted octanol–water partition coefficient (Wildman–Crippen LogP) is 6.66. The summed E-state index contributed by atoms with van der Waals surface area (Å²) in [6.45, 7) is 0.404. The van der Waals surface area contributed by atoms with Crippen molar-refractivity contribution in [1.29, 1.82) is 5.26 Å². The molecule has 0 atom stereocenters. The fourth-order valence-electron chi connectivity index (χ4n) is 4.39. The highest BCUT2D eigenvalue weighted by molar-refractivity contribution is 8.18. The number of nitrogens with zero attached hydrogens (tertiary/aromatic N) is 3. The van der Waals surface area contributed by atoms with Gasteiger partial charge in [-0.05, 0) is 83.6 Å². The molecule has 0 saturated carbocycles. The topological polar surface area (TPSA) is 121 Å². The third kappa shape index (κ3) is 6.91. The minimum absolute atomic E-state index is 0.166. The van der Waals surface area contributed by atoms with Crippen LogP contribution in [-0.4, -0.2) is 41.3 Å². The van der Waals surface area contributed by atoms with E-state index in [0.29, 0.717) is 38.6 Å². The van der Waals surface area contributed by atoms with E-state index in [2.05, 4.69) is 6.07 Å². The summed E-state index contributed by atoms with van der Waals surface area (Å²) >= 11 is 1.24. The van der Waals surface area contributed by atoms with E-state index in [4.69, 9.17) is 19.2 Å². The Bertz CT molecular complexity index is 1790. The van der Waals surface area contributed by atoms with Gasteiger partial charge in [-0.1, -0.05) is 36.4 Å². The lowest BCUT2D eigenvalue weighted by Gasteiger charge is -2.16. The zero-order valence-corrected chi connectivity index (χ0v) is 24.7. The van der Waals surface area contributed by atoms with Crippen LogP contribution in [-0.2, 0) is 17.9 Å². The lowest BCUT2D eigenvalue weighted by atomic mass is 10.1. The second-order valence-corrected chi connectivity index (χ2v) is 10.6. The van der Waals surface area contributed by atoms with Crippen LogP contribution in [0, 0.1) is 11.3 Å². The molecule has 1 fully saturated rings. The first kappa shape index (κ1) is 29.9. The molecule has 9 nitrogen and oxygen atoms in total. The Kier molecular flexibility index (Phi) is 9.28. The fourth-order valence-corrected chi connectivity index (χ4v) is 5.39. The minimum Gasteiger partial charge on any atom is -0.497 e. The van der Waals surface area contributed by atoms with Gasteiger partial charge in [-0.2, -0.15) is 5.26 Å². The van der Waals surface area contributed by atoms with E-state index in [0.717, 1.165) is 16.7 Å². The molecule has 1 heterocycles. The van der Waals surface area contributed by atoms with Crippen molar-refractivity contribution in [1.82, 2.24) is 4.90 Å². The highest BCUT2D eigenvalue weighted by Crippen LogP contribution is 2.37. The number of nitriles is 1. The van der Waals surface area contributed by atoms with Gasteiger partial charge in [0.2, 0.25) is 0 Å². The fraction of sp³-hybridized carbons (Fsp3) is 0.118. The van der Waals surface area contributed by atoms with E-state index < -0.39 is 5.97 Å². The number of thioether (sulfide) groups is 1. The Balaban J connectivity index is 1.42. The normalized spacial score (nSPS) is 14.5. The molecule has 0 spiro atoms. The molecule has 44 heavy (non-hydrogen) atoms. The SMILES string of the molecule is COc1ccc(N=C2S/C(=C\c3ccc(OCc4ccccc4C#N)c(OC)c3)C(=O)N2Cc2ccc(C(=O)O)cc2)cc1. The van der Waals surface area contributed by atoms with Crippen LogP contribution in [0.15, 0.2) is 101 Å². The second-order valence-electron chi connectivity index (χ2n) is 9.56. The van der Waals surface area contributed by atoms with Gasteiger partial charge < -0.3 is 19.3 Å². The molecule has 0 radical (unpaired) electrons. The number of hydrogen-bond acceptors (Lipinski definition) is 8. The second kappa shape index (κ2) is 13.6.